The number of rotatable bonds is 7. The van der Waals surface area contributed by atoms with Gasteiger partial charge in [-0.3, -0.25) is 9.58 Å². The number of ether oxygens (including phenoxy) is 1. The lowest BCUT2D eigenvalue weighted by atomic mass is 9.87. The topological polar surface area (TPSA) is 119 Å². The molecule has 9 rings (SSSR count). The van der Waals surface area contributed by atoms with Crippen molar-refractivity contribution in [2.45, 2.75) is 49.7 Å². The molecule has 6 aromatic rings. The van der Waals surface area contributed by atoms with Crippen LogP contribution in [0.15, 0.2) is 72.0 Å². The van der Waals surface area contributed by atoms with Crippen molar-refractivity contribution in [1.29, 1.82) is 5.26 Å². The van der Waals surface area contributed by atoms with Crippen LogP contribution in [0.4, 0.5) is 0 Å². The highest BCUT2D eigenvalue weighted by Gasteiger charge is 2.52. The number of pyridine rings is 1. The molecule has 3 aliphatic rings. The van der Waals surface area contributed by atoms with Gasteiger partial charge in [-0.05, 0) is 61.4 Å². The molecule has 0 radical (unpaired) electrons. The van der Waals surface area contributed by atoms with Crippen molar-refractivity contribution in [2.24, 2.45) is 12.5 Å². The first-order valence-electron chi connectivity index (χ1n) is 16.2. The van der Waals surface area contributed by atoms with E-state index in [0.717, 1.165) is 80.8 Å². The third-order valence-electron chi connectivity index (χ3n) is 10.4. The third kappa shape index (κ3) is 4.41. The van der Waals surface area contributed by atoms with Gasteiger partial charge in [0.15, 0.2) is 5.65 Å². The van der Waals surface area contributed by atoms with Crippen molar-refractivity contribution in [1.82, 2.24) is 28.6 Å². The molecule has 1 aliphatic carbocycles. The lowest BCUT2D eigenvalue weighted by Crippen LogP contribution is -2.34. The maximum Gasteiger partial charge on any atom is 0.269 e. The minimum atomic E-state index is -4.11. The Balaban J connectivity index is 1.35. The Labute approximate surface area is 282 Å². The molecule has 2 aromatic carbocycles. The summed E-state index contributed by atoms with van der Waals surface area (Å²) in [5.41, 5.74) is 5.03. The van der Waals surface area contributed by atoms with Gasteiger partial charge in [0.1, 0.15) is 5.60 Å². The Morgan fingerprint density at radius 3 is 2.65 bits per heavy atom. The highest BCUT2D eigenvalue weighted by atomic mass is 32.2. The van der Waals surface area contributed by atoms with Crippen LogP contribution in [0.5, 0.6) is 0 Å². The van der Waals surface area contributed by atoms with Gasteiger partial charge < -0.3 is 4.74 Å². The van der Waals surface area contributed by atoms with E-state index in [1.54, 1.807) is 36.7 Å². The molecule has 6 heterocycles. The molecule has 12 heteroatoms. The molecule has 0 amide bonds. The fourth-order valence-electron chi connectivity index (χ4n) is 7.93. The van der Waals surface area contributed by atoms with Crippen LogP contribution in [0.2, 0.25) is 0 Å². The molecule has 1 atom stereocenters. The summed E-state index contributed by atoms with van der Waals surface area (Å²) < 4.78 is 39.7. The first kappa shape index (κ1) is 29.7. The van der Waals surface area contributed by atoms with Gasteiger partial charge >= 0.3 is 0 Å². The van der Waals surface area contributed by atoms with E-state index in [2.05, 4.69) is 33.2 Å². The number of thiazole rings is 1. The first-order valence-corrected chi connectivity index (χ1v) is 18.4. The molecule has 1 saturated carbocycles. The van der Waals surface area contributed by atoms with Gasteiger partial charge in [-0.15, -0.1) is 11.3 Å². The van der Waals surface area contributed by atoms with E-state index in [9.17, 15) is 13.7 Å². The van der Waals surface area contributed by atoms with Crippen molar-refractivity contribution in [3.05, 3.63) is 83.3 Å². The average Bonchev–Trinajstić information content (AvgIpc) is 3.57. The number of aromatic nitrogens is 5. The molecule has 10 nitrogen and oxygen atoms in total. The number of fused-ring (bicyclic) bond motifs is 5. The summed E-state index contributed by atoms with van der Waals surface area (Å²) in [6, 6.07) is 17.2. The van der Waals surface area contributed by atoms with Gasteiger partial charge in [-0.1, -0.05) is 24.3 Å². The summed E-state index contributed by atoms with van der Waals surface area (Å²) >= 11 is 1.47. The van der Waals surface area contributed by atoms with Crippen LogP contribution in [0.1, 0.15) is 41.8 Å². The Hall–Kier alpha value is -4.41. The molecule has 2 fully saturated rings. The molecule has 1 saturated heterocycles. The van der Waals surface area contributed by atoms with Crippen molar-refractivity contribution >= 4 is 43.3 Å². The van der Waals surface area contributed by atoms with E-state index in [1.165, 1.54) is 15.3 Å². The zero-order chi connectivity index (χ0) is 32.8. The summed E-state index contributed by atoms with van der Waals surface area (Å²) in [4.78, 5) is 12.9. The van der Waals surface area contributed by atoms with Gasteiger partial charge in [-0.25, -0.2) is 22.4 Å². The number of hydrogen-bond acceptors (Lipinski definition) is 9. The van der Waals surface area contributed by atoms with E-state index >= 15 is 0 Å². The lowest BCUT2D eigenvalue weighted by molar-refractivity contribution is -0.0296. The molecular formula is C36H33N7O3S2. The molecule has 0 N–H and O–H groups in total. The Bertz CT molecular complexity index is 2420. The maximum atomic E-state index is 14.8. The molecule has 1 spiro atoms. The van der Waals surface area contributed by atoms with Gasteiger partial charge in [0.25, 0.3) is 10.0 Å². The Kier molecular flexibility index (Phi) is 6.53. The van der Waals surface area contributed by atoms with Crippen LogP contribution >= 0.6 is 11.3 Å². The predicted octanol–water partition coefficient (Wildman–Crippen LogP) is 6.38. The van der Waals surface area contributed by atoms with Crippen LogP contribution in [-0.2, 0) is 34.0 Å². The average molecular weight is 676 g/mol. The zero-order valence-corrected chi connectivity index (χ0v) is 28.3. The normalized spacial score (nSPS) is 20.2. The summed E-state index contributed by atoms with van der Waals surface area (Å²) in [5.74, 6) is 0. The van der Waals surface area contributed by atoms with Crippen molar-refractivity contribution < 1.29 is 13.2 Å². The largest absolute Gasteiger partial charge is 0.364 e. The first-order chi connectivity index (χ1) is 23.2. The number of benzene rings is 2. The molecule has 2 aliphatic heterocycles. The van der Waals surface area contributed by atoms with E-state index in [1.807, 2.05) is 37.0 Å². The number of likely N-dealkylation sites (tertiary alicyclic amines) is 1. The standard InChI is InChI=1S/C36H33N7O3S2/c1-23-38-19-29(47-23)33-30(24-8-9-28-25(16-24)18-40-41(28)2)31-32-26(17-39-34(31)43(33)48(44,45)27-6-4-3-5-7-27)20-46-36(32)13-15-42(22-36)21-35(10-11-35)12-14-37/h3-9,16-19H,10-13,15,20-22H2,1-2H3. The maximum absolute atomic E-state index is 14.8. The van der Waals surface area contributed by atoms with Crippen molar-refractivity contribution in [3.63, 3.8) is 0 Å². The quantitative estimate of drug-likeness (QED) is 0.191. The molecular weight excluding hydrogens is 643 g/mol. The third-order valence-corrected chi connectivity index (χ3v) is 13.1. The van der Waals surface area contributed by atoms with E-state index in [4.69, 9.17) is 9.72 Å². The van der Waals surface area contributed by atoms with Gasteiger partial charge in [0.05, 0.1) is 44.9 Å². The zero-order valence-electron chi connectivity index (χ0n) is 26.7. The van der Waals surface area contributed by atoms with Crippen LogP contribution in [0.25, 0.3) is 43.6 Å². The van der Waals surface area contributed by atoms with Gasteiger partial charge in [0.2, 0.25) is 0 Å². The fourth-order valence-corrected chi connectivity index (χ4v) is 10.3. The van der Waals surface area contributed by atoms with E-state index in [0.29, 0.717) is 30.9 Å². The minimum Gasteiger partial charge on any atom is -0.364 e. The van der Waals surface area contributed by atoms with Crippen LogP contribution < -0.4 is 0 Å². The van der Waals surface area contributed by atoms with Gasteiger partial charge in [0, 0.05) is 73.0 Å². The van der Waals surface area contributed by atoms with Crippen molar-refractivity contribution in [2.75, 3.05) is 19.6 Å². The highest BCUT2D eigenvalue weighted by molar-refractivity contribution is 7.90. The van der Waals surface area contributed by atoms with Crippen molar-refractivity contribution in [3.8, 4) is 27.8 Å². The molecule has 0 bridgehead atoms. The molecule has 48 heavy (non-hydrogen) atoms. The molecule has 4 aromatic heterocycles. The van der Waals surface area contributed by atoms with E-state index in [-0.39, 0.29) is 10.3 Å². The second-order valence-corrected chi connectivity index (χ2v) is 16.5. The molecule has 242 valence electrons. The SMILES string of the molecule is Cc1ncc(-c2c(-c3ccc4c(cnn4C)c3)c3c4c(cnc3n2S(=O)(=O)c2ccccc2)COC42CCN(CC3(CC#N)CC3)C2)s1. The van der Waals surface area contributed by atoms with Crippen LogP contribution in [0.3, 0.4) is 0 Å². The smallest absolute Gasteiger partial charge is 0.269 e. The summed E-state index contributed by atoms with van der Waals surface area (Å²) in [6.45, 7) is 4.73. The number of nitriles is 1. The van der Waals surface area contributed by atoms with Crippen LogP contribution in [0, 0.1) is 23.7 Å². The highest BCUT2D eigenvalue weighted by Crippen LogP contribution is 2.54. The lowest BCUT2D eigenvalue weighted by Gasteiger charge is -2.27. The van der Waals surface area contributed by atoms with Gasteiger partial charge in [-0.2, -0.15) is 10.4 Å². The van der Waals surface area contributed by atoms with E-state index < -0.39 is 15.6 Å². The second-order valence-electron chi connectivity index (χ2n) is 13.5. The summed E-state index contributed by atoms with van der Waals surface area (Å²) in [5, 5.41) is 16.6. The second kappa shape index (κ2) is 10.5. The monoisotopic (exact) mass is 675 g/mol. The minimum absolute atomic E-state index is 0.0733. The summed E-state index contributed by atoms with van der Waals surface area (Å²) in [6.07, 6.45) is 8.91. The van der Waals surface area contributed by atoms with Crippen LogP contribution in [-0.4, -0.2) is 56.7 Å². The molecule has 1 unspecified atom stereocenters. The summed E-state index contributed by atoms with van der Waals surface area (Å²) in [7, 11) is -2.20. The Morgan fingerprint density at radius 2 is 1.90 bits per heavy atom. The number of hydrogen-bond donors (Lipinski definition) is 0. The fraction of sp³-hybridized carbons (Fsp3) is 0.333. The Morgan fingerprint density at radius 1 is 1.06 bits per heavy atom. The predicted molar refractivity (Wildman–Crippen MR) is 184 cm³/mol. The number of aryl methyl sites for hydroxylation is 2. The number of nitrogens with zero attached hydrogens (tertiary/aromatic N) is 7.